The normalized spacial score (nSPS) is 10.3. The standard InChI is InChI=1S/C14H10BrClF2N2S/c15-11-3-2-10(6-12(11)16)20-14(21)19-7-8-5-9(17)1-4-13(8)18/h1-6H,7H2,(H2,19,20,21). The second kappa shape index (κ2) is 7.15. The van der Waals surface area contributed by atoms with Crippen molar-refractivity contribution in [3.05, 3.63) is 63.1 Å². The smallest absolute Gasteiger partial charge is 0.171 e. The van der Waals surface area contributed by atoms with Crippen molar-refractivity contribution in [2.45, 2.75) is 6.54 Å². The van der Waals surface area contributed by atoms with Gasteiger partial charge in [0.15, 0.2) is 5.11 Å². The number of anilines is 1. The molecule has 0 unspecified atom stereocenters. The van der Waals surface area contributed by atoms with E-state index in [2.05, 4.69) is 26.6 Å². The highest BCUT2D eigenvalue weighted by atomic mass is 79.9. The van der Waals surface area contributed by atoms with Gasteiger partial charge in [-0.1, -0.05) is 11.6 Å². The van der Waals surface area contributed by atoms with Crippen LogP contribution in [0.25, 0.3) is 0 Å². The summed E-state index contributed by atoms with van der Waals surface area (Å²) in [7, 11) is 0. The van der Waals surface area contributed by atoms with Crippen LogP contribution in [0.5, 0.6) is 0 Å². The highest BCUT2D eigenvalue weighted by molar-refractivity contribution is 9.10. The zero-order valence-electron chi connectivity index (χ0n) is 10.6. The van der Waals surface area contributed by atoms with E-state index in [9.17, 15) is 8.78 Å². The van der Waals surface area contributed by atoms with Crippen LogP contribution in [0.15, 0.2) is 40.9 Å². The number of nitrogens with one attached hydrogen (secondary N) is 2. The molecule has 110 valence electrons. The number of rotatable bonds is 3. The summed E-state index contributed by atoms with van der Waals surface area (Å²) < 4.78 is 27.3. The van der Waals surface area contributed by atoms with Gasteiger partial charge in [0.2, 0.25) is 0 Å². The Morgan fingerprint density at radius 1 is 1.19 bits per heavy atom. The maximum absolute atomic E-state index is 13.5. The van der Waals surface area contributed by atoms with Crippen molar-refractivity contribution in [2.75, 3.05) is 5.32 Å². The van der Waals surface area contributed by atoms with Gasteiger partial charge in [-0.25, -0.2) is 8.78 Å². The topological polar surface area (TPSA) is 24.1 Å². The SMILES string of the molecule is Fc1ccc(F)c(CNC(=S)Nc2ccc(Br)c(Cl)c2)c1. The van der Waals surface area contributed by atoms with E-state index in [4.69, 9.17) is 23.8 Å². The number of thiocarbonyl (C=S) groups is 1. The molecular formula is C14H10BrClF2N2S. The van der Waals surface area contributed by atoms with Gasteiger partial charge in [0.05, 0.1) is 5.02 Å². The molecule has 2 rings (SSSR count). The minimum absolute atomic E-state index is 0.0830. The number of benzene rings is 2. The molecule has 0 aliphatic heterocycles. The molecule has 2 aromatic rings. The summed E-state index contributed by atoms with van der Waals surface area (Å²) in [6, 6.07) is 8.53. The molecule has 0 fully saturated rings. The van der Waals surface area contributed by atoms with E-state index in [1.54, 1.807) is 18.2 Å². The molecule has 21 heavy (non-hydrogen) atoms. The minimum Gasteiger partial charge on any atom is -0.358 e. The maximum atomic E-state index is 13.5. The molecular weight excluding hydrogens is 382 g/mol. The molecule has 2 nitrogen and oxygen atoms in total. The van der Waals surface area contributed by atoms with E-state index in [-0.39, 0.29) is 17.2 Å². The van der Waals surface area contributed by atoms with Crippen molar-refractivity contribution in [2.24, 2.45) is 0 Å². The van der Waals surface area contributed by atoms with Crippen LogP contribution >= 0.6 is 39.7 Å². The zero-order valence-corrected chi connectivity index (χ0v) is 13.7. The molecule has 0 aromatic heterocycles. The summed E-state index contributed by atoms with van der Waals surface area (Å²) >= 11 is 14.3. The fraction of sp³-hybridized carbons (Fsp3) is 0.0714. The molecule has 7 heteroatoms. The second-order valence-corrected chi connectivity index (χ2v) is 5.84. The van der Waals surface area contributed by atoms with Crippen LogP contribution in [0, 0.1) is 11.6 Å². The molecule has 0 saturated heterocycles. The number of hydrogen-bond donors (Lipinski definition) is 2. The van der Waals surface area contributed by atoms with Crippen molar-refractivity contribution in [3.8, 4) is 0 Å². The van der Waals surface area contributed by atoms with Crippen molar-refractivity contribution in [3.63, 3.8) is 0 Å². The first-order valence-electron chi connectivity index (χ1n) is 5.89. The third-order valence-electron chi connectivity index (χ3n) is 2.62. The van der Waals surface area contributed by atoms with Crippen LogP contribution in [-0.4, -0.2) is 5.11 Å². The number of hydrogen-bond acceptors (Lipinski definition) is 1. The zero-order chi connectivity index (χ0) is 15.4. The molecule has 0 saturated carbocycles. The fourth-order valence-electron chi connectivity index (χ4n) is 1.60. The maximum Gasteiger partial charge on any atom is 0.171 e. The Labute approximate surface area is 139 Å². The predicted octanol–water partition coefficient (Wildman–Crippen LogP) is 4.87. The van der Waals surface area contributed by atoms with Crippen molar-refractivity contribution >= 4 is 50.5 Å². The predicted molar refractivity (Wildman–Crippen MR) is 88.6 cm³/mol. The van der Waals surface area contributed by atoms with Crippen LogP contribution in [0.4, 0.5) is 14.5 Å². The van der Waals surface area contributed by atoms with Crippen LogP contribution in [0.2, 0.25) is 5.02 Å². The van der Waals surface area contributed by atoms with Crippen molar-refractivity contribution in [1.82, 2.24) is 5.32 Å². The Hall–Kier alpha value is -1.24. The highest BCUT2D eigenvalue weighted by Crippen LogP contribution is 2.25. The number of halogens is 4. The summed E-state index contributed by atoms with van der Waals surface area (Å²) in [5.41, 5.74) is 0.897. The van der Waals surface area contributed by atoms with Crippen LogP contribution in [-0.2, 0) is 6.54 Å². The van der Waals surface area contributed by atoms with E-state index in [0.717, 1.165) is 22.7 Å². The van der Waals surface area contributed by atoms with E-state index >= 15 is 0 Å². The van der Waals surface area contributed by atoms with E-state index < -0.39 is 11.6 Å². The van der Waals surface area contributed by atoms with Gasteiger partial charge in [-0.3, -0.25) is 0 Å². The van der Waals surface area contributed by atoms with E-state index in [1.165, 1.54) is 0 Å². The largest absolute Gasteiger partial charge is 0.358 e. The lowest BCUT2D eigenvalue weighted by Crippen LogP contribution is -2.28. The quantitative estimate of drug-likeness (QED) is 0.730. The lowest BCUT2D eigenvalue weighted by molar-refractivity contribution is 0.582. The monoisotopic (exact) mass is 390 g/mol. The molecule has 0 aliphatic carbocycles. The minimum atomic E-state index is -0.494. The first kappa shape index (κ1) is 16.1. The fourth-order valence-corrected chi connectivity index (χ4v) is 2.22. The molecule has 0 aliphatic rings. The Morgan fingerprint density at radius 3 is 2.67 bits per heavy atom. The Bertz CT molecular complexity index is 682. The van der Waals surface area contributed by atoms with Gasteiger partial charge in [0.1, 0.15) is 11.6 Å². The Morgan fingerprint density at radius 2 is 1.95 bits per heavy atom. The second-order valence-electron chi connectivity index (χ2n) is 4.17. The average molecular weight is 392 g/mol. The van der Waals surface area contributed by atoms with Gasteiger partial charge < -0.3 is 10.6 Å². The Kier molecular flexibility index (Phi) is 5.50. The van der Waals surface area contributed by atoms with Crippen LogP contribution in [0.1, 0.15) is 5.56 Å². The third kappa shape index (κ3) is 4.62. The summed E-state index contributed by atoms with van der Waals surface area (Å²) in [6.45, 7) is 0.0830. The summed E-state index contributed by atoms with van der Waals surface area (Å²) in [4.78, 5) is 0. The van der Waals surface area contributed by atoms with Gasteiger partial charge in [-0.05, 0) is 64.5 Å². The molecule has 2 N–H and O–H groups in total. The van der Waals surface area contributed by atoms with Gasteiger partial charge in [0, 0.05) is 22.3 Å². The Balaban J connectivity index is 1.95. The lowest BCUT2D eigenvalue weighted by atomic mass is 10.2. The van der Waals surface area contributed by atoms with Gasteiger partial charge >= 0.3 is 0 Å². The van der Waals surface area contributed by atoms with E-state index in [0.29, 0.717) is 10.7 Å². The lowest BCUT2D eigenvalue weighted by Gasteiger charge is -2.11. The summed E-state index contributed by atoms with van der Waals surface area (Å²) in [5, 5.41) is 6.55. The molecule has 2 aromatic carbocycles. The van der Waals surface area contributed by atoms with Gasteiger partial charge in [0.25, 0.3) is 0 Å². The molecule has 0 heterocycles. The molecule has 0 amide bonds. The molecule has 0 bridgehead atoms. The first-order valence-corrected chi connectivity index (χ1v) is 7.47. The molecule has 0 spiro atoms. The van der Waals surface area contributed by atoms with Crippen LogP contribution < -0.4 is 10.6 Å². The molecule has 0 atom stereocenters. The van der Waals surface area contributed by atoms with Gasteiger partial charge in [-0.15, -0.1) is 0 Å². The molecule has 0 radical (unpaired) electrons. The average Bonchev–Trinajstić information content (AvgIpc) is 2.44. The van der Waals surface area contributed by atoms with Gasteiger partial charge in [-0.2, -0.15) is 0 Å². The highest BCUT2D eigenvalue weighted by Gasteiger charge is 2.05. The van der Waals surface area contributed by atoms with Crippen LogP contribution in [0.3, 0.4) is 0 Å². The van der Waals surface area contributed by atoms with Crippen molar-refractivity contribution in [1.29, 1.82) is 0 Å². The third-order valence-corrected chi connectivity index (χ3v) is 4.10. The van der Waals surface area contributed by atoms with Crippen molar-refractivity contribution < 1.29 is 8.78 Å². The van der Waals surface area contributed by atoms with E-state index in [1.807, 2.05) is 0 Å². The summed E-state index contributed by atoms with van der Waals surface area (Å²) in [6.07, 6.45) is 0. The summed E-state index contributed by atoms with van der Waals surface area (Å²) in [5.74, 6) is -0.981. The first-order chi connectivity index (χ1) is 9.95.